The summed E-state index contributed by atoms with van der Waals surface area (Å²) in [5, 5.41) is 11.7. The van der Waals surface area contributed by atoms with Crippen LogP contribution in [0.25, 0.3) is 0 Å². The van der Waals surface area contributed by atoms with Gasteiger partial charge in [-0.2, -0.15) is 0 Å². The van der Waals surface area contributed by atoms with E-state index in [9.17, 15) is 10.1 Å². The van der Waals surface area contributed by atoms with Crippen molar-refractivity contribution in [3.63, 3.8) is 0 Å². The number of halogens is 1. The van der Waals surface area contributed by atoms with E-state index in [4.69, 9.17) is 17.3 Å². The van der Waals surface area contributed by atoms with Crippen LogP contribution in [0.5, 0.6) is 0 Å². The van der Waals surface area contributed by atoms with Crippen LogP contribution in [-0.2, 0) is 0 Å². The summed E-state index contributed by atoms with van der Waals surface area (Å²) in [6.45, 7) is 3.41. The van der Waals surface area contributed by atoms with Crippen LogP contribution in [0.15, 0.2) is 18.2 Å². The maximum atomic E-state index is 11.2. The number of piperidine rings is 1. The molecular weight excluding hydrogens is 266 g/mol. The topological polar surface area (TPSA) is 72.4 Å². The van der Waals surface area contributed by atoms with Crippen LogP contribution in [0, 0.1) is 16.0 Å². The van der Waals surface area contributed by atoms with Crippen molar-refractivity contribution in [1.29, 1.82) is 0 Å². The standard InChI is InChI=1S/C13H18ClN3O2/c1-9-3-2-6-16(13(9)8-15)12-7-10(14)4-5-11(12)17(18)19/h4-5,7,9,13H,2-3,6,8,15H2,1H3. The van der Waals surface area contributed by atoms with Crippen molar-refractivity contribution in [2.24, 2.45) is 11.7 Å². The molecule has 0 saturated carbocycles. The lowest BCUT2D eigenvalue weighted by atomic mass is 9.90. The molecule has 2 rings (SSSR count). The predicted octanol–water partition coefficient (Wildman–Crippen LogP) is 2.81. The van der Waals surface area contributed by atoms with Gasteiger partial charge >= 0.3 is 0 Å². The summed E-state index contributed by atoms with van der Waals surface area (Å²) in [6, 6.07) is 4.81. The van der Waals surface area contributed by atoms with Gasteiger partial charge in [-0.15, -0.1) is 0 Å². The normalized spacial score (nSPS) is 23.4. The molecular formula is C13H18ClN3O2. The Kier molecular flexibility index (Phi) is 4.27. The molecule has 0 amide bonds. The number of hydrogen-bond donors (Lipinski definition) is 1. The second-order valence-corrected chi connectivity index (χ2v) is 5.44. The van der Waals surface area contributed by atoms with Gasteiger partial charge in [0.1, 0.15) is 5.69 Å². The van der Waals surface area contributed by atoms with Gasteiger partial charge < -0.3 is 10.6 Å². The maximum absolute atomic E-state index is 11.2. The summed E-state index contributed by atoms with van der Waals surface area (Å²) < 4.78 is 0. The molecule has 0 spiro atoms. The van der Waals surface area contributed by atoms with Crippen LogP contribution >= 0.6 is 11.6 Å². The minimum Gasteiger partial charge on any atom is -0.361 e. The number of nitrogens with zero attached hydrogens (tertiary/aromatic N) is 2. The first kappa shape index (κ1) is 14.1. The van der Waals surface area contributed by atoms with Gasteiger partial charge in [0, 0.05) is 30.2 Å². The van der Waals surface area contributed by atoms with Crippen LogP contribution in [0.3, 0.4) is 0 Å². The third-order valence-corrected chi connectivity index (χ3v) is 4.04. The third kappa shape index (κ3) is 2.82. The van der Waals surface area contributed by atoms with Gasteiger partial charge in [-0.25, -0.2) is 0 Å². The van der Waals surface area contributed by atoms with Crippen molar-refractivity contribution in [3.05, 3.63) is 33.3 Å². The highest BCUT2D eigenvalue weighted by Crippen LogP contribution is 2.36. The average Bonchev–Trinajstić information content (AvgIpc) is 2.37. The molecule has 6 heteroatoms. The minimum absolute atomic E-state index is 0.0944. The average molecular weight is 284 g/mol. The van der Waals surface area contributed by atoms with Crippen molar-refractivity contribution in [3.8, 4) is 0 Å². The van der Waals surface area contributed by atoms with Crippen molar-refractivity contribution < 1.29 is 4.92 Å². The molecule has 0 radical (unpaired) electrons. The Hall–Kier alpha value is -1.33. The lowest BCUT2D eigenvalue weighted by molar-refractivity contribution is -0.384. The third-order valence-electron chi connectivity index (χ3n) is 3.80. The van der Waals surface area contributed by atoms with Crippen molar-refractivity contribution in [2.75, 3.05) is 18.0 Å². The fourth-order valence-electron chi connectivity index (χ4n) is 2.79. The summed E-state index contributed by atoms with van der Waals surface area (Å²) in [5.41, 5.74) is 6.52. The largest absolute Gasteiger partial charge is 0.361 e. The van der Waals surface area contributed by atoms with Crippen molar-refractivity contribution in [1.82, 2.24) is 0 Å². The highest BCUT2D eigenvalue weighted by Gasteiger charge is 2.31. The zero-order valence-electron chi connectivity index (χ0n) is 10.9. The van der Waals surface area contributed by atoms with Crippen LogP contribution in [0.1, 0.15) is 19.8 Å². The van der Waals surface area contributed by atoms with Crippen LogP contribution in [0.2, 0.25) is 5.02 Å². The van der Waals surface area contributed by atoms with Gasteiger partial charge in [0.05, 0.1) is 4.92 Å². The Morgan fingerprint density at radius 2 is 2.32 bits per heavy atom. The van der Waals surface area contributed by atoms with E-state index in [0.717, 1.165) is 19.4 Å². The molecule has 1 saturated heterocycles. The predicted molar refractivity (Wildman–Crippen MR) is 76.7 cm³/mol. The van der Waals surface area contributed by atoms with E-state index in [1.165, 1.54) is 6.07 Å². The van der Waals surface area contributed by atoms with Gasteiger partial charge in [0.2, 0.25) is 0 Å². The number of rotatable bonds is 3. The van der Waals surface area contributed by atoms with E-state index in [1.54, 1.807) is 12.1 Å². The molecule has 1 aromatic rings. The van der Waals surface area contributed by atoms with Crippen LogP contribution in [-0.4, -0.2) is 24.1 Å². The minimum atomic E-state index is -0.363. The number of hydrogen-bond acceptors (Lipinski definition) is 4. The quantitative estimate of drug-likeness (QED) is 0.684. The Balaban J connectivity index is 2.43. The first-order valence-electron chi connectivity index (χ1n) is 6.45. The van der Waals surface area contributed by atoms with E-state index in [-0.39, 0.29) is 16.7 Å². The SMILES string of the molecule is CC1CCCN(c2cc(Cl)ccc2[N+](=O)[O-])C1CN. The second kappa shape index (κ2) is 5.75. The van der Waals surface area contributed by atoms with Gasteiger partial charge in [-0.05, 0) is 30.9 Å². The van der Waals surface area contributed by atoms with Crippen LogP contribution < -0.4 is 10.6 Å². The maximum Gasteiger partial charge on any atom is 0.292 e. The summed E-state index contributed by atoms with van der Waals surface area (Å²) in [7, 11) is 0. The van der Waals surface area contributed by atoms with E-state index in [1.807, 2.05) is 4.90 Å². The van der Waals surface area contributed by atoms with E-state index in [0.29, 0.717) is 23.2 Å². The number of benzene rings is 1. The van der Waals surface area contributed by atoms with Gasteiger partial charge in [-0.1, -0.05) is 18.5 Å². The summed E-state index contributed by atoms with van der Waals surface area (Å²) in [4.78, 5) is 12.8. The van der Waals surface area contributed by atoms with Gasteiger partial charge in [0.15, 0.2) is 0 Å². The molecule has 1 fully saturated rings. The highest BCUT2D eigenvalue weighted by atomic mass is 35.5. The Morgan fingerprint density at radius 1 is 1.58 bits per heavy atom. The molecule has 2 atom stereocenters. The summed E-state index contributed by atoms with van der Waals surface area (Å²) in [6.07, 6.45) is 2.12. The zero-order chi connectivity index (χ0) is 14.0. The molecule has 1 aromatic carbocycles. The Morgan fingerprint density at radius 3 is 2.95 bits per heavy atom. The molecule has 0 aromatic heterocycles. The number of nitrogens with two attached hydrogens (primary N) is 1. The van der Waals surface area contributed by atoms with Crippen molar-refractivity contribution in [2.45, 2.75) is 25.8 Å². The molecule has 104 valence electrons. The number of anilines is 1. The molecule has 2 N–H and O–H groups in total. The van der Waals surface area contributed by atoms with Gasteiger partial charge in [-0.3, -0.25) is 10.1 Å². The fourth-order valence-corrected chi connectivity index (χ4v) is 2.96. The highest BCUT2D eigenvalue weighted by molar-refractivity contribution is 6.31. The summed E-state index contributed by atoms with van der Waals surface area (Å²) in [5.74, 6) is 0.428. The second-order valence-electron chi connectivity index (χ2n) is 5.01. The molecule has 0 bridgehead atoms. The van der Waals surface area contributed by atoms with Crippen molar-refractivity contribution >= 4 is 23.0 Å². The zero-order valence-corrected chi connectivity index (χ0v) is 11.6. The number of nitro groups is 1. The number of nitro benzene ring substituents is 1. The Labute approximate surface area is 117 Å². The van der Waals surface area contributed by atoms with E-state index in [2.05, 4.69) is 6.92 Å². The van der Waals surface area contributed by atoms with Gasteiger partial charge in [0.25, 0.3) is 5.69 Å². The molecule has 1 aliphatic rings. The molecule has 1 heterocycles. The monoisotopic (exact) mass is 283 g/mol. The Bertz CT molecular complexity index is 481. The lowest BCUT2D eigenvalue weighted by Gasteiger charge is -2.40. The molecule has 1 aliphatic heterocycles. The molecule has 5 nitrogen and oxygen atoms in total. The van der Waals surface area contributed by atoms with Crippen LogP contribution in [0.4, 0.5) is 11.4 Å². The summed E-state index contributed by atoms with van der Waals surface area (Å²) >= 11 is 5.99. The lowest BCUT2D eigenvalue weighted by Crippen LogP contribution is -2.49. The van der Waals surface area contributed by atoms with E-state index >= 15 is 0 Å². The first-order valence-corrected chi connectivity index (χ1v) is 6.83. The molecule has 2 unspecified atom stereocenters. The first-order chi connectivity index (χ1) is 9.04. The fraction of sp³-hybridized carbons (Fsp3) is 0.538. The molecule has 0 aliphatic carbocycles. The smallest absolute Gasteiger partial charge is 0.292 e. The van der Waals surface area contributed by atoms with E-state index < -0.39 is 0 Å². The molecule has 19 heavy (non-hydrogen) atoms.